The number of hydrogen-bond donors (Lipinski definition) is 3. The molecule has 96 valence electrons. The highest BCUT2D eigenvalue weighted by molar-refractivity contribution is 6.03. The van der Waals surface area contributed by atoms with E-state index >= 15 is 0 Å². The average Bonchev–Trinajstić information content (AvgIpc) is 2.26. The predicted octanol–water partition coefficient (Wildman–Crippen LogP) is 1.65. The van der Waals surface area contributed by atoms with Gasteiger partial charge in [-0.05, 0) is 30.5 Å². The zero-order valence-corrected chi connectivity index (χ0v) is 9.85. The van der Waals surface area contributed by atoms with Gasteiger partial charge in [0.2, 0.25) is 0 Å². The van der Waals surface area contributed by atoms with Gasteiger partial charge in [-0.3, -0.25) is 0 Å². The van der Waals surface area contributed by atoms with Crippen molar-refractivity contribution in [3.05, 3.63) is 33.9 Å². The summed E-state index contributed by atoms with van der Waals surface area (Å²) in [6.07, 6.45) is 0.198. The summed E-state index contributed by atoms with van der Waals surface area (Å²) in [4.78, 5) is 33.2. The summed E-state index contributed by atoms with van der Waals surface area (Å²) in [5.41, 5.74) is -0.621. The van der Waals surface area contributed by atoms with Crippen LogP contribution in [-0.2, 0) is 6.42 Å². The van der Waals surface area contributed by atoms with Crippen LogP contribution in [0.1, 0.15) is 49.1 Å². The molecule has 1 aromatic rings. The van der Waals surface area contributed by atoms with Gasteiger partial charge in [-0.15, -0.1) is 0 Å². The van der Waals surface area contributed by atoms with Crippen LogP contribution in [0.2, 0.25) is 0 Å². The van der Waals surface area contributed by atoms with Gasteiger partial charge < -0.3 is 15.3 Å². The first-order valence-corrected chi connectivity index (χ1v) is 5.17. The van der Waals surface area contributed by atoms with Gasteiger partial charge >= 0.3 is 17.9 Å². The Labute approximate surface area is 102 Å². The second kappa shape index (κ2) is 4.87. The van der Waals surface area contributed by atoms with E-state index in [0.717, 1.165) is 6.07 Å². The van der Waals surface area contributed by atoms with Gasteiger partial charge in [0.1, 0.15) is 0 Å². The molecule has 0 spiro atoms. The molecule has 0 atom stereocenters. The number of benzene rings is 1. The number of carboxylic acid groups (broad SMARTS) is 3. The van der Waals surface area contributed by atoms with E-state index in [0.29, 0.717) is 0 Å². The molecule has 0 radical (unpaired) electrons. The van der Waals surface area contributed by atoms with Crippen LogP contribution in [0.25, 0.3) is 0 Å². The van der Waals surface area contributed by atoms with E-state index in [4.69, 9.17) is 15.3 Å². The Morgan fingerprint density at radius 3 is 1.83 bits per heavy atom. The number of carboxylic acids is 3. The molecular formula is C12H12O6. The first-order valence-electron chi connectivity index (χ1n) is 5.17. The molecule has 0 saturated heterocycles. The molecule has 0 fully saturated rings. The number of rotatable bonds is 4. The zero-order valence-electron chi connectivity index (χ0n) is 9.85. The second-order valence-electron chi connectivity index (χ2n) is 3.72. The summed E-state index contributed by atoms with van der Waals surface area (Å²) in [5.74, 6) is -4.01. The molecule has 6 heteroatoms. The smallest absolute Gasteiger partial charge is 0.336 e. The quantitative estimate of drug-likeness (QED) is 0.751. The largest absolute Gasteiger partial charge is 0.478 e. The van der Waals surface area contributed by atoms with Gasteiger partial charge in [0.05, 0.1) is 16.7 Å². The van der Waals surface area contributed by atoms with Crippen molar-refractivity contribution in [3.8, 4) is 0 Å². The lowest BCUT2D eigenvalue weighted by Crippen LogP contribution is -2.15. The number of hydrogen-bond acceptors (Lipinski definition) is 3. The van der Waals surface area contributed by atoms with E-state index in [1.54, 1.807) is 6.92 Å². The van der Waals surface area contributed by atoms with Crippen LogP contribution in [0.15, 0.2) is 6.07 Å². The highest BCUT2D eigenvalue weighted by atomic mass is 16.4. The minimum Gasteiger partial charge on any atom is -0.478 e. The van der Waals surface area contributed by atoms with Crippen LogP contribution in [0, 0.1) is 6.92 Å². The Hall–Kier alpha value is -2.37. The molecule has 6 nitrogen and oxygen atoms in total. The molecule has 0 saturated carbocycles. The van der Waals surface area contributed by atoms with Crippen molar-refractivity contribution in [2.45, 2.75) is 20.3 Å². The molecule has 1 rings (SSSR count). The maximum Gasteiger partial charge on any atom is 0.336 e. The monoisotopic (exact) mass is 252 g/mol. The highest BCUT2D eigenvalue weighted by Crippen LogP contribution is 2.24. The van der Waals surface area contributed by atoms with Crippen LogP contribution in [0.4, 0.5) is 0 Å². The van der Waals surface area contributed by atoms with Gasteiger partial charge in [-0.2, -0.15) is 0 Å². The van der Waals surface area contributed by atoms with Crippen molar-refractivity contribution in [1.82, 2.24) is 0 Å². The van der Waals surface area contributed by atoms with Gasteiger partial charge in [0, 0.05) is 0 Å². The molecule has 1 aromatic carbocycles. The summed E-state index contributed by atoms with van der Waals surface area (Å²) >= 11 is 0. The van der Waals surface area contributed by atoms with Gasteiger partial charge in [0.25, 0.3) is 0 Å². The minimum absolute atomic E-state index is 0.0665. The first-order chi connectivity index (χ1) is 8.31. The fraction of sp³-hybridized carbons (Fsp3) is 0.250. The van der Waals surface area contributed by atoms with Crippen molar-refractivity contribution in [2.24, 2.45) is 0 Å². The summed E-state index contributed by atoms with van der Waals surface area (Å²) in [6.45, 7) is 2.98. The Morgan fingerprint density at radius 1 is 1.00 bits per heavy atom. The Balaban J connectivity index is 3.81. The lowest BCUT2D eigenvalue weighted by Gasteiger charge is -2.13. The number of carbonyl (C=O) groups is 3. The molecular weight excluding hydrogens is 240 g/mol. The molecule has 0 aliphatic carbocycles. The molecule has 0 aliphatic rings. The molecule has 18 heavy (non-hydrogen) atoms. The molecule has 0 bridgehead atoms. The summed E-state index contributed by atoms with van der Waals surface area (Å²) in [5, 5.41) is 27.1. The van der Waals surface area contributed by atoms with E-state index in [9.17, 15) is 14.4 Å². The third kappa shape index (κ3) is 2.17. The maximum absolute atomic E-state index is 11.2. The van der Waals surface area contributed by atoms with E-state index < -0.39 is 17.9 Å². The van der Waals surface area contributed by atoms with Crippen LogP contribution in [0.3, 0.4) is 0 Å². The molecule has 0 aliphatic heterocycles. The van der Waals surface area contributed by atoms with Crippen LogP contribution >= 0.6 is 0 Å². The molecule has 0 amide bonds. The lowest BCUT2D eigenvalue weighted by atomic mass is 9.90. The van der Waals surface area contributed by atoms with Crippen LogP contribution < -0.4 is 0 Å². The Kier molecular flexibility index (Phi) is 3.70. The minimum atomic E-state index is -1.35. The highest BCUT2D eigenvalue weighted by Gasteiger charge is 2.24. The van der Waals surface area contributed by atoms with Gasteiger partial charge in [-0.1, -0.05) is 6.92 Å². The Bertz CT molecular complexity index is 544. The number of aromatic carboxylic acids is 3. The SMILES string of the molecule is CCc1c(C(=O)O)cc(C(=O)O)c(C)c1C(=O)O. The fourth-order valence-electron chi connectivity index (χ4n) is 1.91. The summed E-state index contributed by atoms with van der Waals surface area (Å²) < 4.78 is 0. The predicted molar refractivity (Wildman–Crippen MR) is 61.4 cm³/mol. The first kappa shape index (κ1) is 13.7. The van der Waals surface area contributed by atoms with Crippen molar-refractivity contribution < 1.29 is 29.7 Å². The maximum atomic E-state index is 11.2. The van der Waals surface area contributed by atoms with Crippen LogP contribution in [0.5, 0.6) is 0 Å². The van der Waals surface area contributed by atoms with E-state index in [1.165, 1.54) is 6.92 Å². The molecule has 0 heterocycles. The third-order valence-electron chi connectivity index (χ3n) is 2.72. The molecule has 0 aromatic heterocycles. The van der Waals surface area contributed by atoms with Crippen molar-refractivity contribution in [3.63, 3.8) is 0 Å². The average molecular weight is 252 g/mol. The summed E-state index contributed by atoms with van der Waals surface area (Å²) in [7, 11) is 0. The van der Waals surface area contributed by atoms with Crippen LogP contribution in [-0.4, -0.2) is 33.2 Å². The molecule has 0 unspecified atom stereocenters. The zero-order chi connectivity index (χ0) is 14.0. The van der Waals surface area contributed by atoms with Crippen molar-refractivity contribution in [2.75, 3.05) is 0 Å². The van der Waals surface area contributed by atoms with Crippen molar-refractivity contribution >= 4 is 17.9 Å². The second-order valence-corrected chi connectivity index (χ2v) is 3.72. The fourth-order valence-corrected chi connectivity index (χ4v) is 1.91. The normalized spacial score (nSPS) is 10.1. The Morgan fingerprint density at radius 2 is 1.50 bits per heavy atom. The van der Waals surface area contributed by atoms with E-state index in [2.05, 4.69) is 0 Å². The lowest BCUT2D eigenvalue weighted by molar-refractivity contribution is 0.0694. The molecule has 3 N–H and O–H groups in total. The van der Waals surface area contributed by atoms with E-state index in [1.807, 2.05) is 0 Å². The van der Waals surface area contributed by atoms with Gasteiger partial charge in [-0.25, -0.2) is 14.4 Å². The van der Waals surface area contributed by atoms with Crippen molar-refractivity contribution in [1.29, 1.82) is 0 Å². The third-order valence-corrected chi connectivity index (χ3v) is 2.72. The van der Waals surface area contributed by atoms with E-state index in [-0.39, 0.29) is 34.2 Å². The van der Waals surface area contributed by atoms with Gasteiger partial charge in [0.15, 0.2) is 0 Å². The standard InChI is InChI=1S/C12H12O6/c1-3-6-8(11(15)16)4-7(10(13)14)5(2)9(6)12(17)18/h4H,3H2,1-2H3,(H,13,14)(H,15,16)(H,17,18). The summed E-state index contributed by atoms with van der Waals surface area (Å²) in [6, 6.07) is 1.01. The topological polar surface area (TPSA) is 112 Å².